The van der Waals surface area contributed by atoms with Crippen molar-refractivity contribution in [3.63, 3.8) is 0 Å². The molecule has 3 heterocycles. The number of benzene rings is 1. The third-order valence-electron chi connectivity index (χ3n) is 5.38. The molecule has 28 heavy (non-hydrogen) atoms. The summed E-state index contributed by atoms with van der Waals surface area (Å²) in [6, 6.07) is 7.53. The number of carbonyl (C=O) groups excluding carboxylic acids is 1. The van der Waals surface area contributed by atoms with Gasteiger partial charge in [-0.2, -0.15) is 0 Å². The van der Waals surface area contributed by atoms with Gasteiger partial charge < -0.3 is 19.4 Å². The lowest BCUT2D eigenvalue weighted by atomic mass is 10.0. The molecule has 7 nitrogen and oxygen atoms in total. The van der Waals surface area contributed by atoms with Crippen LogP contribution in [-0.2, 0) is 9.84 Å². The Labute approximate surface area is 164 Å². The van der Waals surface area contributed by atoms with E-state index < -0.39 is 15.4 Å². The molecule has 150 valence electrons. The molecule has 1 amide bonds. The molecule has 0 bridgehead atoms. The van der Waals surface area contributed by atoms with Crippen LogP contribution in [0.1, 0.15) is 35.1 Å². The molecule has 0 saturated carbocycles. The molecule has 1 aromatic heterocycles. The van der Waals surface area contributed by atoms with Crippen molar-refractivity contribution >= 4 is 15.7 Å². The van der Waals surface area contributed by atoms with E-state index in [1.807, 2.05) is 42.7 Å². The van der Waals surface area contributed by atoms with Gasteiger partial charge in [0.1, 0.15) is 13.2 Å². The largest absolute Gasteiger partial charge is 0.486 e. The number of rotatable bonds is 3. The minimum atomic E-state index is -3.09. The number of fused-ring (bicyclic) bond motifs is 1. The van der Waals surface area contributed by atoms with Gasteiger partial charge in [0.15, 0.2) is 21.3 Å². The first kappa shape index (κ1) is 18.9. The van der Waals surface area contributed by atoms with Crippen molar-refractivity contribution in [3.8, 4) is 17.2 Å². The Bertz CT molecular complexity index is 1060. The van der Waals surface area contributed by atoms with Gasteiger partial charge in [-0.15, -0.1) is 0 Å². The van der Waals surface area contributed by atoms with E-state index >= 15 is 0 Å². The van der Waals surface area contributed by atoms with Crippen LogP contribution in [0.3, 0.4) is 0 Å². The van der Waals surface area contributed by atoms with Gasteiger partial charge in [0.05, 0.1) is 22.6 Å². The molecular formula is C20H24N2O5S. The van der Waals surface area contributed by atoms with Gasteiger partial charge in [-0.05, 0) is 45.4 Å². The molecule has 1 fully saturated rings. The molecule has 1 saturated heterocycles. The van der Waals surface area contributed by atoms with Gasteiger partial charge in [-0.1, -0.05) is 0 Å². The highest BCUT2D eigenvalue weighted by atomic mass is 32.2. The monoisotopic (exact) mass is 404 g/mol. The number of nitrogens with zero attached hydrogens (tertiary/aromatic N) is 1. The van der Waals surface area contributed by atoms with Crippen molar-refractivity contribution in [1.82, 2.24) is 9.88 Å². The molecule has 2 aromatic rings. The Morgan fingerprint density at radius 3 is 2.54 bits per heavy atom. The Balaban J connectivity index is 1.64. The van der Waals surface area contributed by atoms with E-state index in [0.29, 0.717) is 36.7 Å². The predicted octanol–water partition coefficient (Wildman–Crippen LogP) is 2.17. The Morgan fingerprint density at radius 2 is 1.86 bits per heavy atom. The summed E-state index contributed by atoms with van der Waals surface area (Å²) in [6.07, 6.45) is 0.433. The highest BCUT2D eigenvalue weighted by Crippen LogP contribution is 2.33. The fraction of sp³-hybridized carbons (Fsp3) is 0.450. The predicted molar refractivity (Wildman–Crippen MR) is 105 cm³/mol. The molecule has 1 atom stereocenters. The van der Waals surface area contributed by atoms with E-state index in [4.69, 9.17) is 9.47 Å². The van der Waals surface area contributed by atoms with Crippen molar-refractivity contribution in [2.24, 2.45) is 0 Å². The lowest BCUT2D eigenvalue weighted by molar-refractivity contribution is 0.0915. The maximum absolute atomic E-state index is 12.9. The van der Waals surface area contributed by atoms with Crippen LogP contribution in [0.4, 0.5) is 0 Å². The standard InChI is InChI=1S/C20H24N2O5S/c1-13-10-16(19(23)21-20(3)6-9-28(24,25)12-20)14(2)22(13)15-4-5-17-18(11-15)27-8-7-26-17/h4-5,10-11H,6-9,12H2,1-3H3,(H,21,23)/t20-/m1/s1. The Morgan fingerprint density at radius 1 is 1.14 bits per heavy atom. The van der Waals surface area contributed by atoms with E-state index in [1.54, 1.807) is 6.92 Å². The molecule has 0 unspecified atom stereocenters. The average Bonchev–Trinajstić information content (AvgIpc) is 3.09. The van der Waals surface area contributed by atoms with Crippen molar-refractivity contribution in [2.75, 3.05) is 24.7 Å². The number of amides is 1. The smallest absolute Gasteiger partial charge is 0.253 e. The van der Waals surface area contributed by atoms with Crippen molar-refractivity contribution < 1.29 is 22.7 Å². The van der Waals surface area contributed by atoms with E-state index in [9.17, 15) is 13.2 Å². The summed E-state index contributed by atoms with van der Waals surface area (Å²) < 4.78 is 36.9. The van der Waals surface area contributed by atoms with Gasteiger partial charge >= 0.3 is 0 Å². The molecule has 0 radical (unpaired) electrons. The summed E-state index contributed by atoms with van der Waals surface area (Å²) in [4.78, 5) is 12.9. The number of hydrogen-bond acceptors (Lipinski definition) is 5. The van der Waals surface area contributed by atoms with Gasteiger partial charge in [-0.25, -0.2) is 8.42 Å². The van der Waals surface area contributed by atoms with Crippen LogP contribution in [0.25, 0.3) is 5.69 Å². The maximum Gasteiger partial charge on any atom is 0.253 e. The van der Waals surface area contributed by atoms with E-state index in [-0.39, 0.29) is 17.4 Å². The second-order valence-corrected chi connectivity index (χ2v) is 9.99. The highest BCUT2D eigenvalue weighted by Gasteiger charge is 2.40. The molecule has 0 spiro atoms. The third-order valence-corrected chi connectivity index (χ3v) is 7.28. The van der Waals surface area contributed by atoms with E-state index in [1.165, 1.54) is 0 Å². The van der Waals surface area contributed by atoms with Crippen molar-refractivity contribution in [2.45, 2.75) is 32.7 Å². The van der Waals surface area contributed by atoms with E-state index in [2.05, 4.69) is 5.32 Å². The van der Waals surface area contributed by atoms with Crippen LogP contribution >= 0.6 is 0 Å². The van der Waals surface area contributed by atoms with Gasteiger partial charge in [0.2, 0.25) is 0 Å². The second kappa shape index (κ2) is 6.55. The zero-order valence-electron chi connectivity index (χ0n) is 16.2. The molecule has 2 aliphatic rings. The minimum Gasteiger partial charge on any atom is -0.486 e. The Hall–Kier alpha value is -2.48. The highest BCUT2D eigenvalue weighted by molar-refractivity contribution is 7.91. The number of carbonyl (C=O) groups is 1. The number of hydrogen-bond donors (Lipinski definition) is 1. The van der Waals surface area contributed by atoms with Gasteiger partial charge in [0, 0.05) is 23.1 Å². The number of ether oxygens (including phenoxy) is 2. The number of sulfone groups is 1. The first-order chi connectivity index (χ1) is 13.2. The molecule has 4 rings (SSSR count). The molecule has 1 aromatic carbocycles. The van der Waals surface area contributed by atoms with Crippen LogP contribution in [0.2, 0.25) is 0 Å². The summed E-state index contributed by atoms with van der Waals surface area (Å²) in [6.45, 7) is 6.65. The first-order valence-electron chi connectivity index (χ1n) is 9.29. The van der Waals surface area contributed by atoms with Crippen molar-refractivity contribution in [1.29, 1.82) is 0 Å². The van der Waals surface area contributed by atoms with Crippen LogP contribution in [0.5, 0.6) is 11.5 Å². The zero-order chi connectivity index (χ0) is 20.1. The Kier molecular flexibility index (Phi) is 4.41. The lowest BCUT2D eigenvalue weighted by Crippen LogP contribution is -2.47. The SMILES string of the molecule is Cc1cc(C(=O)N[C@]2(C)CCS(=O)(=O)C2)c(C)n1-c1ccc2c(c1)OCCO2. The lowest BCUT2D eigenvalue weighted by Gasteiger charge is -2.24. The third kappa shape index (κ3) is 3.37. The van der Waals surface area contributed by atoms with Crippen LogP contribution < -0.4 is 14.8 Å². The summed E-state index contributed by atoms with van der Waals surface area (Å²) in [7, 11) is -3.09. The van der Waals surface area contributed by atoms with Gasteiger partial charge in [-0.3, -0.25) is 4.79 Å². The molecule has 1 N–H and O–H groups in total. The zero-order valence-corrected chi connectivity index (χ0v) is 17.1. The summed E-state index contributed by atoms with van der Waals surface area (Å²) in [5, 5.41) is 2.93. The summed E-state index contributed by atoms with van der Waals surface area (Å²) >= 11 is 0. The fourth-order valence-corrected chi connectivity index (χ4v) is 6.10. The summed E-state index contributed by atoms with van der Waals surface area (Å²) in [5.41, 5.74) is 2.39. The van der Waals surface area contributed by atoms with E-state index in [0.717, 1.165) is 17.1 Å². The maximum atomic E-state index is 12.9. The van der Waals surface area contributed by atoms with Crippen molar-refractivity contribution in [3.05, 3.63) is 41.2 Å². The van der Waals surface area contributed by atoms with Crippen LogP contribution in [0, 0.1) is 13.8 Å². The fourth-order valence-electron chi connectivity index (χ4n) is 4.01. The quantitative estimate of drug-likeness (QED) is 0.847. The van der Waals surface area contributed by atoms with Crippen LogP contribution in [0.15, 0.2) is 24.3 Å². The second-order valence-electron chi connectivity index (χ2n) is 7.80. The minimum absolute atomic E-state index is 0.0212. The van der Waals surface area contributed by atoms with Crippen LogP contribution in [-0.4, -0.2) is 49.2 Å². The first-order valence-corrected chi connectivity index (χ1v) is 11.1. The summed E-state index contributed by atoms with van der Waals surface area (Å²) in [5.74, 6) is 1.24. The number of aryl methyl sites for hydroxylation is 1. The molecule has 2 aliphatic heterocycles. The average molecular weight is 404 g/mol. The molecule has 0 aliphatic carbocycles. The topological polar surface area (TPSA) is 86.6 Å². The molecule has 8 heteroatoms. The number of nitrogens with one attached hydrogen (secondary N) is 1. The van der Waals surface area contributed by atoms with Gasteiger partial charge in [0.25, 0.3) is 5.91 Å². The number of aromatic nitrogens is 1. The molecular weight excluding hydrogens is 380 g/mol. The normalized spacial score (nSPS) is 22.8.